The van der Waals surface area contributed by atoms with E-state index in [1.54, 1.807) is 6.20 Å². The van der Waals surface area contributed by atoms with Crippen molar-refractivity contribution >= 4 is 23.3 Å². The van der Waals surface area contributed by atoms with Crippen LogP contribution in [0.4, 0.5) is 11.5 Å². The molecule has 0 aromatic carbocycles. The zero-order chi connectivity index (χ0) is 19.4. The third kappa shape index (κ3) is 7.42. The fourth-order valence-corrected chi connectivity index (χ4v) is 2.88. The van der Waals surface area contributed by atoms with Crippen molar-refractivity contribution < 1.29 is 9.59 Å². The molecule has 0 radical (unpaired) electrons. The van der Waals surface area contributed by atoms with E-state index in [1.807, 2.05) is 17.0 Å². The predicted octanol–water partition coefficient (Wildman–Crippen LogP) is 3.69. The van der Waals surface area contributed by atoms with E-state index in [2.05, 4.69) is 42.9 Å². The second-order valence-corrected chi connectivity index (χ2v) is 6.36. The van der Waals surface area contributed by atoms with Crippen LogP contribution in [0.5, 0.6) is 0 Å². The van der Waals surface area contributed by atoms with E-state index in [-0.39, 0.29) is 11.8 Å². The lowest BCUT2D eigenvalue weighted by Gasteiger charge is -2.21. The summed E-state index contributed by atoms with van der Waals surface area (Å²) >= 11 is 0. The Kier molecular flexibility index (Phi) is 10.4. The number of carbonyl (C=O) groups excluding carboxylic acids is 2. The Bertz CT molecular complexity index is 535. The van der Waals surface area contributed by atoms with Gasteiger partial charge in [-0.2, -0.15) is 0 Å². The van der Waals surface area contributed by atoms with Gasteiger partial charge >= 0.3 is 0 Å². The molecule has 0 atom stereocenters. The molecule has 0 unspecified atom stereocenters. The van der Waals surface area contributed by atoms with E-state index >= 15 is 0 Å². The number of pyridine rings is 1. The van der Waals surface area contributed by atoms with E-state index in [0.717, 1.165) is 44.8 Å². The Balaban J connectivity index is 2.41. The highest BCUT2D eigenvalue weighted by Gasteiger charge is 2.12. The molecule has 0 bridgehead atoms. The normalized spacial score (nSPS) is 10.5. The van der Waals surface area contributed by atoms with Crippen molar-refractivity contribution in [2.45, 2.75) is 59.8 Å². The van der Waals surface area contributed by atoms with Crippen molar-refractivity contribution in [3.63, 3.8) is 0 Å². The first kappa shape index (κ1) is 21.9. The van der Waals surface area contributed by atoms with Gasteiger partial charge < -0.3 is 15.1 Å². The van der Waals surface area contributed by atoms with Gasteiger partial charge in [0.05, 0.1) is 11.9 Å². The van der Waals surface area contributed by atoms with Crippen molar-refractivity contribution in [1.29, 1.82) is 0 Å². The lowest BCUT2D eigenvalue weighted by atomic mass is 10.2. The highest BCUT2D eigenvalue weighted by molar-refractivity contribution is 5.90. The molecule has 1 aromatic heterocycles. The van der Waals surface area contributed by atoms with E-state index in [1.165, 1.54) is 0 Å². The lowest BCUT2D eigenvalue weighted by molar-refractivity contribution is -0.131. The molecule has 1 N–H and O–H groups in total. The van der Waals surface area contributed by atoms with Crippen LogP contribution in [0, 0.1) is 0 Å². The smallest absolute Gasteiger partial charge is 0.224 e. The first-order valence-electron chi connectivity index (χ1n) is 9.84. The van der Waals surface area contributed by atoms with Crippen molar-refractivity contribution in [3.8, 4) is 0 Å². The third-order valence-corrected chi connectivity index (χ3v) is 4.25. The van der Waals surface area contributed by atoms with Crippen LogP contribution in [0.1, 0.15) is 59.8 Å². The van der Waals surface area contributed by atoms with Crippen LogP contribution in [-0.2, 0) is 9.59 Å². The average Bonchev–Trinajstić information content (AvgIpc) is 2.64. The van der Waals surface area contributed by atoms with Gasteiger partial charge in [0.2, 0.25) is 11.8 Å². The molecule has 6 heteroatoms. The number of hydrogen-bond donors (Lipinski definition) is 1. The van der Waals surface area contributed by atoms with E-state index in [0.29, 0.717) is 24.9 Å². The molecule has 1 rings (SSSR count). The maximum atomic E-state index is 12.2. The summed E-state index contributed by atoms with van der Waals surface area (Å²) in [4.78, 5) is 32.7. The number of rotatable bonds is 12. The van der Waals surface area contributed by atoms with E-state index in [4.69, 9.17) is 0 Å². The highest BCUT2D eigenvalue weighted by Crippen LogP contribution is 2.14. The van der Waals surface area contributed by atoms with Crippen molar-refractivity contribution in [2.75, 3.05) is 36.4 Å². The monoisotopic (exact) mass is 362 g/mol. The summed E-state index contributed by atoms with van der Waals surface area (Å²) in [5, 5.41) is 2.85. The molecular weight excluding hydrogens is 328 g/mol. The van der Waals surface area contributed by atoms with Gasteiger partial charge in [-0.25, -0.2) is 4.98 Å². The predicted molar refractivity (Wildman–Crippen MR) is 107 cm³/mol. The van der Waals surface area contributed by atoms with Gasteiger partial charge in [0, 0.05) is 39.0 Å². The minimum Gasteiger partial charge on any atom is -0.357 e. The third-order valence-electron chi connectivity index (χ3n) is 4.25. The van der Waals surface area contributed by atoms with Gasteiger partial charge in [0.15, 0.2) is 0 Å². The molecule has 0 spiro atoms. The van der Waals surface area contributed by atoms with Gasteiger partial charge in [-0.3, -0.25) is 9.59 Å². The van der Waals surface area contributed by atoms with Crippen LogP contribution in [-0.4, -0.2) is 47.9 Å². The summed E-state index contributed by atoms with van der Waals surface area (Å²) in [5.74, 6) is 0.977. The SMILES string of the molecule is CCCN(CCC)C(=O)CCCC(=O)Nc1ccc(N(CC)CC)nc1. The summed E-state index contributed by atoms with van der Waals surface area (Å²) in [7, 11) is 0. The molecule has 6 nitrogen and oxygen atoms in total. The topological polar surface area (TPSA) is 65.5 Å². The molecule has 0 aliphatic rings. The van der Waals surface area contributed by atoms with Gasteiger partial charge in [-0.1, -0.05) is 13.8 Å². The van der Waals surface area contributed by atoms with E-state index < -0.39 is 0 Å². The zero-order valence-electron chi connectivity index (χ0n) is 16.8. The Morgan fingerprint density at radius 1 is 1.00 bits per heavy atom. The number of amides is 2. The Labute approximate surface area is 158 Å². The summed E-state index contributed by atoms with van der Waals surface area (Å²) < 4.78 is 0. The molecule has 0 saturated carbocycles. The maximum Gasteiger partial charge on any atom is 0.224 e. The Hall–Kier alpha value is -2.11. The molecule has 146 valence electrons. The van der Waals surface area contributed by atoms with Gasteiger partial charge in [-0.05, 0) is 45.2 Å². The summed E-state index contributed by atoms with van der Waals surface area (Å²) in [5.41, 5.74) is 0.691. The second-order valence-electron chi connectivity index (χ2n) is 6.36. The van der Waals surface area contributed by atoms with Crippen LogP contribution in [0.25, 0.3) is 0 Å². The van der Waals surface area contributed by atoms with Crippen molar-refractivity contribution in [2.24, 2.45) is 0 Å². The fraction of sp³-hybridized carbons (Fsp3) is 0.650. The summed E-state index contributed by atoms with van der Waals surface area (Å²) in [6, 6.07) is 3.79. The first-order valence-corrected chi connectivity index (χ1v) is 9.84. The highest BCUT2D eigenvalue weighted by atomic mass is 16.2. The van der Waals surface area contributed by atoms with Crippen molar-refractivity contribution in [3.05, 3.63) is 18.3 Å². The molecule has 0 aliphatic heterocycles. The standard InChI is InChI=1S/C20H34N4O2/c1-5-14-24(15-6-2)20(26)11-9-10-19(25)22-17-12-13-18(21-16-17)23(7-3)8-4/h12-13,16H,5-11,14-15H2,1-4H3,(H,22,25). The molecule has 1 heterocycles. The maximum absolute atomic E-state index is 12.2. The van der Waals surface area contributed by atoms with Gasteiger partial charge in [-0.15, -0.1) is 0 Å². The van der Waals surface area contributed by atoms with Gasteiger partial charge in [0.25, 0.3) is 0 Å². The molecule has 2 amide bonds. The number of anilines is 2. The van der Waals surface area contributed by atoms with Crippen molar-refractivity contribution in [1.82, 2.24) is 9.88 Å². The number of nitrogens with one attached hydrogen (secondary N) is 1. The lowest BCUT2D eigenvalue weighted by Crippen LogP contribution is -2.32. The molecule has 0 saturated heterocycles. The molecular formula is C20H34N4O2. The zero-order valence-corrected chi connectivity index (χ0v) is 16.8. The van der Waals surface area contributed by atoms with Gasteiger partial charge in [0.1, 0.15) is 5.82 Å². The largest absolute Gasteiger partial charge is 0.357 e. The fourth-order valence-electron chi connectivity index (χ4n) is 2.88. The Morgan fingerprint density at radius 2 is 1.65 bits per heavy atom. The second kappa shape index (κ2) is 12.3. The van der Waals surface area contributed by atoms with Crippen LogP contribution < -0.4 is 10.2 Å². The quantitative estimate of drug-likeness (QED) is 0.616. The number of hydrogen-bond acceptors (Lipinski definition) is 4. The van der Waals surface area contributed by atoms with Crippen LogP contribution >= 0.6 is 0 Å². The number of aromatic nitrogens is 1. The molecule has 1 aromatic rings. The first-order chi connectivity index (χ1) is 12.5. The van der Waals surface area contributed by atoms with Crippen LogP contribution in [0.3, 0.4) is 0 Å². The molecule has 0 fully saturated rings. The number of nitrogens with zero attached hydrogens (tertiary/aromatic N) is 3. The minimum atomic E-state index is -0.0762. The molecule has 26 heavy (non-hydrogen) atoms. The number of carbonyl (C=O) groups is 2. The minimum absolute atomic E-state index is 0.0762. The summed E-state index contributed by atoms with van der Waals surface area (Å²) in [6.07, 6.45) is 4.94. The Morgan fingerprint density at radius 3 is 2.15 bits per heavy atom. The van der Waals surface area contributed by atoms with E-state index in [9.17, 15) is 9.59 Å². The summed E-state index contributed by atoms with van der Waals surface area (Å²) in [6.45, 7) is 11.7. The molecule has 0 aliphatic carbocycles. The van der Waals surface area contributed by atoms with Crippen LogP contribution in [0.15, 0.2) is 18.3 Å². The average molecular weight is 363 g/mol. The van der Waals surface area contributed by atoms with Crippen LogP contribution in [0.2, 0.25) is 0 Å².